The number of likely N-dealkylation sites (tertiary alicyclic amines) is 1. The van der Waals surface area contributed by atoms with Crippen LogP contribution < -0.4 is 0 Å². The minimum atomic E-state index is 0.0909. The summed E-state index contributed by atoms with van der Waals surface area (Å²) in [5.41, 5.74) is 2.56. The number of carbonyl (C=O) groups excluding carboxylic acids is 1. The average molecular weight is 408 g/mol. The van der Waals surface area contributed by atoms with Crippen LogP contribution in [0.5, 0.6) is 0 Å². The van der Waals surface area contributed by atoms with Crippen molar-refractivity contribution in [2.45, 2.75) is 18.8 Å². The van der Waals surface area contributed by atoms with E-state index < -0.39 is 0 Å². The molecule has 5 rings (SSSR count). The predicted octanol–water partition coefficient (Wildman–Crippen LogP) is 5.52. The van der Waals surface area contributed by atoms with Gasteiger partial charge in [0.2, 0.25) is 0 Å². The average Bonchev–Trinajstić information content (AvgIpc) is 3.16. The Morgan fingerprint density at radius 2 is 1.89 bits per heavy atom. The summed E-state index contributed by atoms with van der Waals surface area (Å²) in [6.07, 6.45) is 3.58. The minimum absolute atomic E-state index is 0.0909. The number of pyridine rings is 1. The van der Waals surface area contributed by atoms with Crippen LogP contribution in [0.2, 0.25) is 5.02 Å². The van der Waals surface area contributed by atoms with Crippen LogP contribution >= 0.6 is 22.9 Å². The summed E-state index contributed by atoms with van der Waals surface area (Å²) in [5, 5.41) is 2.79. The molecule has 0 atom stereocenters. The summed E-state index contributed by atoms with van der Waals surface area (Å²) in [5.74, 6) is 0.488. The number of nitrogens with zero attached hydrogens (tertiary/aromatic N) is 3. The number of hydrogen-bond donors (Lipinski definition) is 0. The van der Waals surface area contributed by atoms with Gasteiger partial charge in [-0.3, -0.25) is 9.78 Å². The second kappa shape index (κ2) is 7.15. The van der Waals surface area contributed by atoms with Gasteiger partial charge in [0.25, 0.3) is 5.91 Å². The van der Waals surface area contributed by atoms with E-state index >= 15 is 0 Å². The van der Waals surface area contributed by atoms with E-state index in [9.17, 15) is 4.79 Å². The monoisotopic (exact) mass is 407 g/mol. The van der Waals surface area contributed by atoms with E-state index in [1.165, 1.54) is 4.70 Å². The lowest BCUT2D eigenvalue weighted by atomic mass is 9.96. The molecule has 1 fully saturated rings. The van der Waals surface area contributed by atoms with E-state index in [1.54, 1.807) is 17.5 Å². The zero-order chi connectivity index (χ0) is 19.1. The first-order valence-corrected chi connectivity index (χ1v) is 10.6. The van der Waals surface area contributed by atoms with Crippen molar-refractivity contribution in [3.05, 3.63) is 70.3 Å². The standard InChI is InChI=1S/C22H18ClN3OS/c23-15-5-6-20-19(13-15)25-21(28-20)14-8-11-26(12-9-14)22(27)17-7-10-24-18-4-2-1-3-16(17)18/h1-7,10,13-14H,8-9,11-12H2. The lowest BCUT2D eigenvalue weighted by molar-refractivity contribution is 0.0715. The molecular weight excluding hydrogens is 390 g/mol. The van der Waals surface area contributed by atoms with Gasteiger partial charge in [0.05, 0.1) is 26.3 Å². The lowest BCUT2D eigenvalue weighted by Crippen LogP contribution is -2.38. The number of para-hydroxylation sites is 1. The Labute approximate surface area is 171 Å². The first-order valence-electron chi connectivity index (χ1n) is 9.38. The minimum Gasteiger partial charge on any atom is -0.339 e. The Hall–Kier alpha value is -2.50. The van der Waals surface area contributed by atoms with Gasteiger partial charge in [0.1, 0.15) is 0 Å². The van der Waals surface area contributed by atoms with Crippen molar-refractivity contribution in [2.24, 2.45) is 0 Å². The molecule has 0 N–H and O–H groups in total. The van der Waals surface area contributed by atoms with Gasteiger partial charge < -0.3 is 4.90 Å². The summed E-state index contributed by atoms with van der Waals surface area (Å²) < 4.78 is 1.17. The highest BCUT2D eigenvalue weighted by atomic mass is 35.5. The topological polar surface area (TPSA) is 46.1 Å². The number of aromatic nitrogens is 2. The Balaban J connectivity index is 1.34. The molecule has 4 aromatic rings. The largest absolute Gasteiger partial charge is 0.339 e. The maximum Gasteiger partial charge on any atom is 0.254 e. The van der Waals surface area contributed by atoms with Crippen LogP contribution in [-0.2, 0) is 0 Å². The van der Waals surface area contributed by atoms with Crippen molar-refractivity contribution < 1.29 is 4.79 Å². The number of thiazole rings is 1. The molecule has 140 valence electrons. The molecule has 0 spiro atoms. The molecule has 3 heterocycles. The third-order valence-corrected chi connectivity index (χ3v) is 6.81. The van der Waals surface area contributed by atoms with Crippen LogP contribution in [0.3, 0.4) is 0 Å². The molecule has 2 aromatic heterocycles. The molecule has 1 saturated heterocycles. The Kier molecular flexibility index (Phi) is 4.49. The number of hydrogen-bond acceptors (Lipinski definition) is 4. The SMILES string of the molecule is O=C(c1ccnc2ccccc12)N1CCC(c2nc3cc(Cl)ccc3s2)CC1. The number of halogens is 1. The zero-order valence-corrected chi connectivity index (χ0v) is 16.7. The number of piperidine rings is 1. The van der Waals surface area contributed by atoms with Crippen molar-refractivity contribution >= 4 is 50.0 Å². The second-order valence-corrected chi connectivity index (χ2v) is 8.60. The first-order chi connectivity index (χ1) is 13.7. The van der Waals surface area contributed by atoms with Crippen LogP contribution in [0.15, 0.2) is 54.7 Å². The van der Waals surface area contributed by atoms with Gasteiger partial charge in [0, 0.05) is 35.6 Å². The maximum atomic E-state index is 13.1. The van der Waals surface area contributed by atoms with E-state index in [4.69, 9.17) is 16.6 Å². The van der Waals surface area contributed by atoms with E-state index in [2.05, 4.69) is 4.98 Å². The molecule has 6 heteroatoms. The molecular formula is C22H18ClN3OS. The molecule has 1 aliphatic rings. The molecule has 0 unspecified atom stereocenters. The van der Waals surface area contributed by atoms with Gasteiger partial charge >= 0.3 is 0 Å². The fourth-order valence-electron chi connectivity index (χ4n) is 3.88. The molecule has 0 saturated carbocycles. The highest BCUT2D eigenvalue weighted by Gasteiger charge is 2.27. The van der Waals surface area contributed by atoms with Crippen LogP contribution in [0.4, 0.5) is 0 Å². The molecule has 0 aliphatic carbocycles. The molecule has 1 amide bonds. The number of amides is 1. The fourth-order valence-corrected chi connectivity index (χ4v) is 5.16. The van der Waals surface area contributed by atoms with Crippen LogP contribution in [0.25, 0.3) is 21.1 Å². The quantitative estimate of drug-likeness (QED) is 0.439. The highest BCUT2D eigenvalue weighted by Crippen LogP contribution is 2.35. The molecule has 2 aromatic carbocycles. The lowest BCUT2D eigenvalue weighted by Gasteiger charge is -2.31. The number of benzene rings is 2. The van der Waals surface area contributed by atoms with Crippen molar-refractivity contribution in [2.75, 3.05) is 13.1 Å². The van der Waals surface area contributed by atoms with E-state index in [0.717, 1.165) is 52.9 Å². The van der Waals surface area contributed by atoms with Gasteiger partial charge in [-0.15, -0.1) is 11.3 Å². The van der Waals surface area contributed by atoms with Gasteiger partial charge in [-0.2, -0.15) is 0 Å². The van der Waals surface area contributed by atoms with E-state index in [1.807, 2.05) is 53.4 Å². The Morgan fingerprint density at radius 3 is 2.75 bits per heavy atom. The normalized spacial score (nSPS) is 15.4. The molecule has 4 nitrogen and oxygen atoms in total. The summed E-state index contributed by atoms with van der Waals surface area (Å²) >= 11 is 7.82. The Bertz CT molecular complexity index is 1180. The molecule has 0 bridgehead atoms. The Morgan fingerprint density at radius 1 is 1.07 bits per heavy atom. The van der Waals surface area contributed by atoms with Gasteiger partial charge in [-0.05, 0) is 43.2 Å². The predicted molar refractivity (Wildman–Crippen MR) is 114 cm³/mol. The maximum absolute atomic E-state index is 13.1. The zero-order valence-electron chi connectivity index (χ0n) is 15.1. The first kappa shape index (κ1) is 17.6. The number of carbonyl (C=O) groups is 1. The molecule has 0 radical (unpaired) electrons. The van der Waals surface area contributed by atoms with Crippen LogP contribution in [0.1, 0.15) is 34.1 Å². The molecule has 1 aliphatic heterocycles. The summed E-state index contributed by atoms with van der Waals surface area (Å²) in [6, 6.07) is 15.5. The van der Waals surface area contributed by atoms with Crippen molar-refractivity contribution in [3.63, 3.8) is 0 Å². The van der Waals surface area contributed by atoms with Gasteiger partial charge in [-0.25, -0.2) is 4.98 Å². The highest BCUT2D eigenvalue weighted by molar-refractivity contribution is 7.18. The summed E-state index contributed by atoms with van der Waals surface area (Å²) in [7, 11) is 0. The third-order valence-electron chi connectivity index (χ3n) is 5.38. The second-order valence-electron chi connectivity index (χ2n) is 7.11. The van der Waals surface area contributed by atoms with Crippen molar-refractivity contribution in [1.82, 2.24) is 14.9 Å². The van der Waals surface area contributed by atoms with Gasteiger partial charge in [-0.1, -0.05) is 29.8 Å². The van der Waals surface area contributed by atoms with Crippen LogP contribution in [-0.4, -0.2) is 33.9 Å². The summed E-state index contributed by atoms with van der Waals surface area (Å²) in [4.78, 5) is 24.2. The van der Waals surface area contributed by atoms with E-state index in [0.29, 0.717) is 10.9 Å². The van der Waals surface area contributed by atoms with Crippen molar-refractivity contribution in [3.8, 4) is 0 Å². The number of fused-ring (bicyclic) bond motifs is 2. The van der Waals surface area contributed by atoms with E-state index in [-0.39, 0.29) is 5.91 Å². The third kappa shape index (κ3) is 3.15. The van der Waals surface area contributed by atoms with Gasteiger partial charge in [0.15, 0.2) is 0 Å². The molecule has 28 heavy (non-hydrogen) atoms. The number of rotatable bonds is 2. The van der Waals surface area contributed by atoms with Crippen LogP contribution in [0, 0.1) is 0 Å². The summed E-state index contributed by atoms with van der Waals surface area (Å²) in [6.45, 7) is 1.49. The smallest absolute Gasteiger partial charge is 0.254 e. The fraction of sp³-hybridized carbons (Fsp3) is 0.227. The van der Waals surface area contributed by atoms with Crippen molar-refractivity contribution in [1.29, 1.82) is 0 Å².